The SMILES string of the molecule is CCCC[Si]1(CCCS)OCCC(C)CNO1. The molecule has 1 aliphatic heterocycles. The fourth-order valence-corrected chi connectivity index (χ4v) is 5.76. The number of hydrogen-bond acceptors (Lipinski definition) is 4. The fourth-order valence-electron chi connectivity index (χ4n) is 2.06. The third kappa shape index (κ3) is 5.74. The zero-order valence-corrected chi connectivity index (χ0v) is 13.1. The van der Waals surface area contributed by atoms with Gasteiger partial charge in [-0.05, 0) is 36.6 Å². The number of hydroxylamine groups is 1. The molecule has 3 nitrogen and oxygen atoms in total. The van der Waals surface area contributed by atoms with Crippen LogP contribution in [0.2, 0.25) is 12.1 Å². The molecule has 2 unspecified atom stereocenters. The molecule has 1 aliphatic rings. The number of hydrogen-bond donors (Lipinski definition) is 2. The Morgan fingerprint density at radius 2 is 2.12 bits per heavy atom. The van der Waals surface area contributed by atoms with Crippen molar-refractivity contribution < 1.29 is 8.95 Å². The molecular weight excluding hydrogens is 250 g/mol. The van der Waals surface area contributed by atoms with E-state index < -0.39 is 8.56 Å². The summed E-state index contributed by atoms with van der Waals surface area (Å²) in [5, 5.41) is 0. The highest BCUT2D eigenvalue weighted by Crippen LogP contribution is 2.25. The smallest absolute Gasteiger partial charge is 0.358 e. The van der Waals surface area contributed by atoms with Crippen molar-refractivity contribution in [2.45, 2.75) is 51.6 Å². The number of rotatable bonds is 6. The first-order chi connectivity index (χ1) is 8.22. The Labute approximate surface area is 112 Å². The monoisotopic (exact) mass is 277 g/mol. The molecule has 0 radical (unpaired) electrons. The predicted molar refractivity (Wildman–Crippen MR) is 77.6 cm³/mol. The zero-order chi connectivity index (χ0) is 12.6. The minimum Gasteiger partial charge on any atom is -0.393 e. The first kappa shape index (κ1) is 15.5. The number of thiol groups is 1. The van der Waals surface area contributed by atoms with Gasteiger partial charge in [-0.2, -0.15) is 12.6 Å². The molecule has 0 amide bonds. The lowest BCUT2D eigenvalue weighted by Crippen LogP contribution is -2.49. The highest BCUT2D eigenvalue weighted by Gasteiger charge is 2.38. The molecule has 0 aromatic heterocycles. The quantitative estimate of drug-likeness (QED) is 0.577. The van der Waals surface area contributed by atoms with Gasteiger partial charge in [0.1, 0.15) is 0 Å². The third-order valence-corrected chi connectivity index (χ3v) is 7.09. The van der Waals surface area contributed by atoms with Crippen LogP contribution in [-0.2, 0) is 8.95 Å². The minimum absolute atomic E-state index is 0.637. The lowest BCUT2D eigenvalue weighted by atomic mass is 10.1. The highest BCUT2D eigenvalue weighted by molar-refractivity contribution is 7.80. The molecule has 0 aromatic rings. The second kappa shape index (κ2) is 8.53. The molecule has 1 fully saturated rings. The van der Waals surface area contributed by atoms with Crippen molar-refractivity contribution in [3.63, 3.8) is 0 Å². The van der Waals surface area contributed by atoms with Crippen molar-refractivity contribution in [1.82, 2.24) is 5.48 Å². The van der Waals surface area contributed by atoms with Crippen LogP contribution in [0.1, 0.15) is 39.5 Å². The summed E-state index contributed by atoms with van der Waals surface area (Å²) in [7, 11) is -2.00. The normalized spacial score (nSPS) is 30.9. The van der Waals surface area contributed by atoms with Gasteiger partial charge >= 0.3 is 8.56 Å². The van der Waals surface area contributed by atoms with E-state index in [1.54, 1.807) is 0 Å². The minimum atomic E-state index is -2.00. The molecule has 1 heterocycles. The van der Waals surface area contributed by atoms with Gasteiger partial charge in [-0.1, -0.05) is 26.7 Å². The molecule has 5 heteroatoms. The molecule has 2 atom stereocenters. The van der Waals surface area contributed by atoms with Crippen molar-refractivity contribution in [2.75, 3.05) is 18.9 Å². The summed E-state index contributed by atoms with van der Waals surface area (Å²) in [4.78, 5) is 0. The molecule has 1 N–H and O–H groups in total. The van der Waals surface area contributed by atoms with Crippen LogP contribution in [0.4, 0.5) is 0 Å². The Hall–Kier alpha value is 0.447. The Morgan fingerprint density at radius 1 is 1.35 bits per heavy atom. The predicted octanol–water partition coefficient (Wildman–Crippen LogP) is 3.13. The summed E-state index contributed by atoms with van der Waals surface area (Å²) in [5.74, 6) is 1.56. The molecule has 0 aliphatic carbocycles. The Morgan fingerprint density at radius 3 is 2.82 bits per heavy atom. The molecule has 17 heavy (non-hydrogen) atoms. The van der Waals surface area contributed by atoms with Gasteiger partial charge < -0.3 is 8.95 Å². The largest absolute Gasteiger partial charge is 0.393 e. The van der Waals surface area contributed by atoms with Gasteiger partial charge in [-0.15, -0.1) is 0 Å². The zero-order valence-electron chi connectivity index (χ0n) is 11.2. The van der Waals surface area contributed by atoms with Crippen LogP contribution in [0.25, 0.3) is 0 Å². The molecule has 1 saturated heterocycles. The Bertz CT molecular complexity index is 187. The topological polar surface area (TPSA) is 30.5 Å². The van der Waals surface area contributed by atoms with Crippen molar-refractivity contribution in [1.29, 1.82) is 0 Å². The first-order valence-electron chi connectivity index (χ1n) is 6.88. The lowest BCUT2D eigenvalue weighted by molar-refractivity contribution is 0.0685. The van der Waals surface area contributed by atoms with Gasteiger partial charge in [-0.3, -0.25) is 0 Å². The summed E-state index contributed by atoms with van der Waals surface area (Å²) in [5.41, 5.74) is 3.16. The van der Waals surface area contributed by atoms with E-state index in [1.807, 2.05) is 0 Å². The van der Waals surface area contributed by atoms with Gasteiger partial charge in [0.15, 0.2) is 0 Å². The third-order valence-electron chi connectivity index (χ3n) is 3.29. The van der Waals surface area contributed by atoms with Crippen LogP contribution >= 0.6 is 12.6 Å². The van der Waals surface area contributed by atoms with Crippen LogP contribution in [0.3, 0.4) is 0 Å². The van der Waals surface area contributed by atoms with E-state index in [0.29, 0.717) is 5.92 Å². The summed E-state index contributed by atoms with van der Waals surface area (Å²) in [6.45, 7) is 6.27. The summed E-state index contributed by atoms with van der Waals surface area (Å²) in [6, 6.07) is 2.18. The van der Waals surface area contributed by atoms with Gasteiger partial charge in [0.2, 0.25) is 0 Å². The molecule has 1 rings (SSSR count). The fraction of sp³-hybridized carbons (Fsp3) is 1.00. The lowest BCUT2D eigenvalue weighted by Gasteiger charge is -2.33. The van der Waals surface area contributed by atoms with E-state index in [4.69, 9.17) is 8.95 Å². The van der Waals surface area contributed by atoms with Gasteiger partial charge in [0.05, 0.1) is 0 Å². The first-order valence-corrected chi connectivity index (χ1v) is 9.74. The molecule has 0 saturated carbocycles. The Balaban J connectivity index is 2.52. The van der Waals surface area contributed by atoms with Crippen molar-refractivity contribution in [3.8, 4) is 0 Å². The van der Waals surface area contributed by atoms with E-state index in [-0.39, 0.29) is 0 Å². The average Bonchev–Trinajstić information content (AvgIpc) is 2.31. The second-order valence-electron chi connectivity index (χ2n) is 5.03. The number of unbranched alkanes of at least 4 members (excludes halogenated alkanes) is 1. The van der Waals surface area contributed by atoms with Crippen molar-refractivity contribution in [2.24, 2.45) is 5.92 Å². The average molecular weight is 278 g/mol. The van der Waals surface area contributed by atoms with Crippen LogP contribution in [0.15, 0.2) is 0 Å². The molecular formula is C12H27NO2SSi. The van der Waals surface area contributed by atoms with Crippen molar-refractivity contribution >= 4 is 21.2 Å². The van der Waals surface area contributed by atoms with E-state index >= 15 is 0 Å². The van der Waals surface area contributed by atoms with E-state index in [1.165, 1.54) is 12.8 Å². The van der Waals surface area contributed by atoms with Gasteiger partial charge in [0, 0.05) is 13.2 Å². The molecule has 0 aromatic carbocycles. The van der Waals surface area contributed by atoms with Crippen LogP contribution < -0.4 is 5.48 Å². The van der Waals surface area contributed by atoms with E-state index in [0.717, 1.165) is 43.8 Å². The van der Waals surface area contributed by atoms with Crippen molar-refractivity contribution in [3.05, 3.63) is 0 Å². The number of nitrogens with one attached hydrogen (secondary N) is 1. The van der Waals surface area contributed by atoms with E-state index in [2.05, 4.69) is 32.0 Å². The maximum Gasteiger partial charge on any atom is 0.358 e. The van der Waals surface area contributed by atoms with Gasteiger partial charge in [0.25, 0.3) is 0 Å². The second-order valence-corrected chi connectivity index (χ2v) is 8.80. The Kier molecular flexibility index (Phi) is 7.78. The summed E-state index contributed by atoms with van der Waals surface area (Å²) < 4.78 is 12.1. The maximum atomic E-state index is 6.17. The summed E-state index contributed by atoms with van der Waals surface area (Å²) >= 11 is 4.30. The molecule has 0 spiro atoms. The maximum absolute atomic E-state index is 6.17. The molecule has 102 valence electrons. The van der Waals surface area contributed by atoms with Crippen LogP contribution in [-0.4, -0.2) is 27.5 Å². The standard InChI is InChI=1S/C12H27NO2SSi/c1-3-4-9-17(10-5-8-16)14-7-6-12(2)11-13-15-17/h12-13,16H,3-11H2,1-2H3. The molecule has 0 bridgehead atoms. The van der Waals surface area contributed by atoms with E-state index in [9.17, 15) is 0 Å². The highest BCUT2D eigenvalue weighted by atomic mass is 32.1. The van der Waals surface area contributed by atoms with Crippen LogP contribution in [0.5, 0.6) is 0 Å². The van der Waals surface area contributed by atoms with Gasteiger partial charge in [-0.25, -0.2) is 5.48 Å². The summed E-state index contributed by atoms with van der Waals surface area (Å²) in [6.07, 6.45) is 4.64. The van der Waals surface area contributed by atoms with Crippen LogP contribution in [0, 0.1) is 5.92 Å².